The van der Waals surface area contributed by atoms with E-state index in [2.05, 4.69) is 5.32 Å². The number of methoxy groups -OCH3 is 2. The van der Waals surface area contributed by atoms with Gasteiger partial charge in [0, 0.05) is 5.69 Å². The predicted octanol–water partition coefficient (Wildman–Crippen LogP) is 3.46. The zero-order valence-corrected chi connectivity index (χ0v) is 12.4. The zero-order valence-electron chi connectivity index (χ0n) is 11.6. The van der Waals surface area contributed by atoms with E-state index < -0.39 is 5.97 Å². The first kappa shape index (κ1) is 15.0. The quantitative estimate of drug-likeness (QED) is 0.668. The molecule has 2 aromatic rings. The normalized spacial score (nSPS) is 10.0. The van der Waals surface area contributed by atoms with Crippen molar-refractivity contribution in [2.45, 2.75) is 0 Å². The highest BCUT2D eigenvalue weighted by Gasteiger charge is 2.17. The first-order valence-corrected chi connectivity index (χ1v) is 6.52. The SMILES string of the molecule is COC(=O)c1cc(N)cc(Cl)c1Nc1ccccc1OC. The molecule has 0 aromatic heterocycles. The fourth-order valence-corrected chi connectivity index (χ4v) is 2.18. The number of carbonyl (C=O) groups is 1. The summed E-state index contributed by atoms with van der Waals surface area (Å²) in [6.07, 6.45) is 0. The number of nitrogens with two attached hydrogens (primary N) is 1. The number of nitrogen functional groups attached to an aromatic ring is 1. The fourth-order valence-electron chi connectivity index (χ4n) is 1.91. The van der Waals surface area contributed by atoms with Gasteiger partial charge >= 0.3 is 5.97 Å². The second-order valence-electron chi connectivity index (χ2n) is 4.24. The average molecular weight is 307 g/mol. The number of anilines is 3. The van der Waals surface area contributed by atoms with Gasteiger partial charge in [0.1, 0.15) is 5.75 Å². The molecule has 0 fully saturated rings. The molecule has 0 atom stereocenters. The summed E-state index contributed by atoms with van der Waals surface area (Å²) in [4.78, 5) is 11.9. The molecule has 110 valence electrons. The Kier molecular flexibility index (Phi) is 4.55. The number of hydrogen-bond acceptors (Lipinski definition) is 5. The van der Waals surface area contributed by atoms with E-state index in [1.54, 1.807) is 19.2 Å². The third-order valence-corrected chi connectivity index (χ3v) is 3.18. The van der Waals surface area contributed by atoms with Crippen LogP contribution in [0.3, 0.4) is 0 Å². The second-order valence-corrected chi connectivity index (χ2v) is 4.65. The summed E-state index contributed by atoms with van der Waals surface area (Å²) < 4.78 is 10.0. The zero-order chi connectivity index (χ0) is 15.4. The van der Waals surface area contributed by atoms with E-state index in [0.29, 0.717) is 27.8 Å². The molecular formula is C15H15ClN2O3. The van der Waals surface area contributed by atoms with Gasteiger partial charge in [-0.1, -0.05) is 23.7 Å². The molecule has 0 spiro atoms. The highest BCUT2D eigenvalue weighted by Crippen LogP contribution is 2.35. The van der Waals surface area contributed by atoms with Crippen LogP contribution < -0.4 is 15.8 Å². The number of para-hydroxylation sites is 2. The summed E-state index contributed by atoms with van der Waals surface area (Å²) >= 11 is 6.19. The van der Waals surface area contributed by atoms with Gasteiger partial charge in [-0.2, -0.15) is 0 Å². The lowest BCUT2D eigenvalue weighted by Gasteiger charge is -2.15. The summed E-state index contributed by atoms with van der Waals surface area (Å²) in [5.41, 5.74) is 7.46. The molecule has 0 saturated carbocycles. The van der Waals surface area contributed by atoms with Crippen molar-refractivity contribution in [3.8, 4) is 5.75 Å². The maximum atomic E-state index is 11.9. The smallest absolute Gasteiger partial charge is 0.340 e. The van der Waals surface area contributed by atoms with E-state index in [9.17, 15) is 4.79 Å². The molecule has 2 rings (SSSR count). The summed E-state index contributed by atoms with van der Waals surface area (Å²) in [5.74, 6) is 0.0998. The molecule has 0 heterocycles. The van der Waals surface area contributed by atoms with Gasteiger partial charge in [0.25, 0.3) is 0 Å². The summed E-state index contributed by atoms with van der Waals surface area (Å²) in [7, 11) is 2.86. The van der Waals surface area contributed by atoms with Crippen molar-refractivity contribution in [3.63, 3.8) is 0 Å². The minimum atomic E-state index is -0.526. The molecule has 0 saturated heterocycles. The highest BCUT2D eigenvalue weighted by atomic mass is 35.5. The number of nitrogens with one attached hydrogen (secondary N) is 1. The third-order valence-electron chi connectivity index (χ3n) is 2.88. The van der Waals surface area contributed by atoms with E-state index in [4.69, 9.17) is 26.8 Å². The lowest BCUT2D eigenvalue weighted by atomic mass is 10.1. The Balaban J connectivity index is 2.50. The molecule has 0 aliphatic heterocycles. The number of ether oxygens (including phenoxy) is 2. The van der Waals surface area contributed by atoms with E-state index in [1.165, 1.54) is 13.2 Å². The molecule has 5 nitrogen and oxygen atoms in total. The van der Waals surface area contributed by atoms with Crippen LogP contribution in [0.5, 0.6) is 5.75 Å². The van der Waals surface area contributed by atoms with Crippen molar-refractivity contribution in [2.24, 2.45) is 0 Å². The Labute approximate surface area is 127 Å². The average Bonchev–Trinajstić information content (AvgIpc) is 2.49. The van der Waals surface area contributed by atoms with E-state index in [1.807, 2.05) is 18.2 Å². The molecule has 0 amide bonds. The fraction of sp³-hybridized carbons (Fsp3) is 0.133. The number of rotatable bonds is 4. The van der Waals surface area contributed by atoms with Crippen LogP contribution in [0.25, 0.3) is 0 Å². The van der Waals surface area contributed by atoms with Crippen LogP contribution in [-0.2, 0) is 4.74 Å². The maximum absolute atomic E-state index is 11.9. The van der Waals surface area contributed by atoms with Gasteiger partial charge in [0.15, 0.2) is 0 Å². The molecule has 0 aliphatic carbocycles. The van der Waals surface area contributed by atoms with Crippen molar-refractivity contribution < 1.29 is 14.3 Å². The van der Waals surface area contributed by atoms with Crippen LogP contribution in [0, 0.1) is 0 Å². The lowest BCUT2D eigenvalue weighted by Crippen LogP contribution is -2.07. The third kappa shape index (κ3) is 3.20. The van der Waals surface area contributed by atoms with Crippen LogP contribution in [0.1, 0.15) is 10.4 Å². The van der Waals surface area contributed by atoms with Crippen molar-refractivity contribution in [3.05, 3.63) is 47.0 Å². The first-order chi connectivity index (χ1) is 10.1. The van der Waals surface area contributed by atoms with Gasteiger partial charge in [-0.05, 0) is 24.3 Å². The van der Waals surface area contributed by atoms with Gasteiger partial charge in [-0.15, -0.1) is 0 Å². The van der Waals surface area contributed by atoms with Gasteiger partial charge < -0.3 is 20.5 Å². The second kappa shape index (κ2) is 6.37. The van der Waals surface area contributed by atoms with Crippen molar-refractivity contribution >= 4 is 34.6 Å². The minimum absolute atomic E-state index is 0.258. The van der Waals surface area contributed by atoms with Crippen molar-refractivity contribution in [2.75, 3.05) is 25.3 Å². The molecular weight excluding hydrogens is 292 g/mol. The van der Waals surface area contributed by atoms with E-state index in [0.717, 1.165) is 0 Å². The van der Waals surface area contributed by atoms with Crippen molar-refractivity contribution in [1.82, 2.24) is 0 Å². The lowest BCUT2D eigenvalue weighted by molar-refractivity contribution is 0.0602. The molecule has 2 aromatic carbocycles. The summed E-state index contributed by atoms with van der Waals surface area (Å²) in [6, 6.07) is 10.4. The van der Waals surface area contributed by atoms with Crippen LogP contribution in [0.15, 0.2) is 36.4 Å². The standard InChI is InChI=1S/C15H15ClN2O3/c1-20-13-6-4-3-5-12(13)18-14-10(15(19)21-2)7-9(17)8-11(14)16/h3-8,18H,17H2,1-2H3. The van der Waals surface area contributed by atoms with Crippen molar-refractivity contribution in [1.29, 1.82) is 0 Å². The minimum Gasteiger partial charge on any atom is -0.495 e. The molecule has 3 N–H and O–H groups in total. The number of halogens is 1. The predicted molar refractivity (Wildman–Crippen MR) is 83.5 cm³/mol. The molecule has 6 heteroatoms. The highest BCUT2D eigenvalue weighted by molar-refractivity contribution is 6.34. The topological polar surface area (TPSA) is 73.6 Å². The molecule has 0 radical (unpaired) electrons. The van der Waals surface area contributed by atoms with Gasteiger partial charge in [0.2, 0.25) is 0 Å². The summed E-state index contributed by atoms with van der Waals surface area (Å²) in [6.45, 7) is 0. The van der Waals surface area contributed by atoms with Gasteiger partial charge in [0.05, 0.1) is 36.2 Å². The van der Waals surface area contributed by atoms with Gasteiger partial charge in [-0.25, -0.2) is 4.79 Å². The summed E-state index contributed by atoms with van der Waals surface area (Å²) in [5, 5.41) is 3.41. The van der Waals surface area contributed by atoms with Crippen LogP contribution in [0.2, 0.25) is 5.02 Å². The Morgan fingerprint density at radius 3 is 2.62 bits per heavy atom. The Morgan fingerprint density at radius 1 is 1.24 bits per heavy atom. The largest absolute Gasteiger partial charge is 0.495 e. The van der Waals surface area contributed by atoms with Crippen LogP contribution in [0.4, 0.5) is 17.1 Å². The molecule has 0 unspecified atom stereocenters. The number of benzene rings is 2. The Morgan fingerprint density at radius 2 is 1.95 bits per heavy atom. The van der Waals surface area contributed by atoms with Gasteiger partial charge in [-0.3, -0.25) is 0 Å². The molecule has 0 aliphatic rings. The number of hydrogen-bond donors (Lipinski definition) is 2. The Hall–Kier alpha value is -2.40. The molecule has 21 heavy (non-hydrogen) atoms. The maximum Gasteiger partial charge on any atom is 0.340 e. The number of carbonyl (C=O) groups excluding carboxylic acids is 1. The first-order valence-electron chi connectivity index (χ1n) is 6.14. The van der Waals surface area contributed by atoms with Crippen LogP contribution in [-0.4, -0.2) is 20.2 Å². The monoisotopic (exact) mass is 306 g/mol. The van der Waals surface area contributed by atoms with E-state index in [-0.39, 0.29) is 5.56 Å². The molecule has 0 bridgehead atoms. The van der Waals surface area contributed by atoms with E-state index >= 15 is 0 Å². The number of esters is 1. The van der Waals surface area contributed by atoms with Crippen LogP contribution >= 0.6 is 11.6 Å². The Bertz CT molecular complexity index is 674.